The first kappa shape index (κ1) is 12.8. The Hall–Kier alpha value is -0.620. The van der Waals surface area contributed by atoms with Crippen molar-refractivity contribution in [3.05, 3.63) is 0 Å². The van der Waals surface area contributed by atoms with Gasteiger partial charge in [0.2, 0.25) is 10.0 Å². The van der Waals surface area contributed by atoms with Gasteiger partial charge in [-0.15, -0.1) is 0 Å². The average Bonchev–Trinajstić information content (AvgIpc) is 3.01. The molecule has 0 radical (unpaired) electrons. The summed E-state index contributed by atoms with van der Waals surface area (Å²) in [6.07, 6.45) is 3.85. The third kappa shape index (κ3) is 2.47. The monoisotopic (exact) mass is 261 g/mol. The number of aliphatic carboxylic acids is 1. The highest BCUT2D eigenvalue weighted by atomic mass is 32.2. The van der Waals surface area contributed by atoms with Crippen molar-refractivity contribution in [2.24, 2.45) is 5.92 Å². The lowest BCUT2D eigenvalue weighted by molar-refractivity contribution is -0.149. The van der Waals surface area contributed by atoms with Crippen molar-refractivity contribution < 1.29 is 18.3 Å². The molecule has 1 saturated carbocycles. The van der Waals surface area contributed by atoms with Gasteiger partial charge >= 0.3 is 5.97 Å². The molecular formula is C11H19NO4S. The highest BCUT2D eigenvalue weighted by molar-refractivity contribution is 7.89. The van der Waals surface area contributed by atoms with E-state index in [2.05, 4.69) is 0 Å². The lowest BCUT2D eigenvalue weighted by Gasteiger charge is -2.40. The minimum atomic E-state index is -3.42. The van der Waals surface area contributed by atoms with Gasteiger partial charge in [0.25, 0.3) is 0 Å². The van der Waals surface area contributed by atoms with Gasteiger partial charge < -0.3 is 5.11 Å². The minimum absolute atomic E-state index is 0.121. The van der Waals surface area contributed by atoms with Crippen LogP contribution in [0.2, 0.25) is 0 Å². The summed E-state index contributed by atoms with van der Waals surface area (Å²) >= 11 is 0. The van der Waals surface area contributed by atoms with Crippen molar-refractivity contribution >= 4 is 16.0 Å². The maximum absolute atomic E-state index is 12.2. The van der Waals surface area contributed by atoms with E-state index < -0.39 is 21.5 Å². The van der Waals surface area contributed by atoms with Gasteiger partial charge in [-0.3, -0.25) is 4.79 Å². The molecule has 0 aromatic rings. The highest BCUT2D eigenvalue weighted by Crippen LogP contribution is 2.36. The van der Waals surface area contributed by atoms with Gasteiger partial charge in [0.1, 0.15) is 5.54 Å². The SMILES string of the molecule is CC1(C(=O)O)CCCCN1S(=O)(=O)CC1CC1. The van der Waals surface area contributed by atoms with Crippen LogP contribution in [0.5, 0.6) is 0 Å². The first-order valence-corrected chi connectivity index (χ1v) is 7.71. The molecule has 0 aromatic heterocycles. The molecule has 2 aliphatic rings. The normalized spacial score (nSPS) is 31.4. The van der Waals surface area contributed by atoms with E-state index in [0.717, 1.165) is 25.7 Å². The van der Waals surface area contributed by atoms with Crippen LogP contribution in [0.25, 0.3) is 0 Å². The molecule has 2 fully saturated rings. The molecule has 2 rings (SSSR count). The van der Waals surface area contributed by atoms with Crippen LogP contribution in [-0.2, 0) is 14.8 Å². The zero-order chi connectivity index (χ0) is 12.7. The van der Waals surface area contributed by atoms with Crippen molar-refractivity contribution in [1.29, 1.82) is 0 Å². The van der Waals surface area contributed by atoms with Crippen LogP contribution in [-0.4, -0.2) is 41.6 Å². The van der Waals surface area contributed by atoms with Gasteiger partial charge in [-0.05, 0) is 44.9 Å². The summed E-state index contributed by atoms with van der Waals surface area (Å²) in [4.78, 5) is 11.3. The van der Waals surface area contributed by atoms with Crippen LogP contribution in [0.15, 0.2) is 0 Å². The molecule has 0 bridgehead atoms. The largest absolute Gasteiger partial charge is 0.480 e. The summed E-state index contributed by atoms with van der Waals surface area (Å²) in [5.41, 5.74) is -1.24. The number of hydrogen-bond acceptors (Lipinski definition) is 3. The quantitative estimate of drug-likeness (QED) is 0.821. The molecule has 98 valence electrons. The summed E-state index contributed by atoms with van der Waals surface area (Å²) in [5, 5.41) is 9.27. The fraction of sp³-hybridized carbons (Fsp3) is 0.909. The second-order valence-corrected chi connectivity index (χ2v) is 7.27. The van der Waals surface area contributed by atoms with Crippen LogP contribution in [0.3, 0.4) is 0 Å². The van der Waals surface area contributed by atoms with Gasteiger partial charge in [-0.1, -0.05) is 0 Å². The lowest BCUT2D eigenvalue weighted by atomic mass is 9.91. The van der Waals surface area contributed by atoms with Crippen molar-refractivity contribution in [2.75, 3.05) is 12.3 Å². The molecule has 1 N–H and O–H groups in total. The highest BCUT2D eigenvalue weighted by Gasteiger charge is 2.48. The summed E-state index contributed by atoms with van der Waals surface area (Å²) in [6.45, 7) is 1.87. The first-order valence-electron chi connectivity index (χ1n) is 6.10. The minimum Gasteiger partial charge on any atom is -0.480 e. The number of rotatable bonds is 4. The van der Waals surface area contributed by atoms with Crippen molar-refractivity contribution in [2.45, 2.75) is 44.6 Å². The van der Waals surface area contributed by atoms with Gasteiger partial charge in [0, 0.05) is 6.54 Å². The van der Waals surface area contributed by atoms with Gasteiger partial charge in [-0.25, -0.2) is 8.42 Å². The summed E-state index contributed by atoms with van der Waals surface area (Å²) in [7, 11) is -3.42. The Morgan fingerprint density at radius 2 is 2.06 bits per heavy atom. The number of hydrogen-bond donors (Lipinski definition) is 1. The number of nitrogens with zero attached hydrogens (tertiary/aromatic N) is 1. The Morgan fingerprint density at radius 3 is 2.59 bits per heavy atom. The Kier molecular flexibility index (Phi) is 3.20. The van der Waals surface area contributed by atoms with E-state index in [0.29, 0.717) is 13.0 Å². The molecule has 6 heteroatoms. The lowest BCUT2D eigenvalue weighted by Crippen LogP contribution is -2.57. The topological polar surface area (TPSA) is 74.7 Å². The van der Waals surface area contributed by atoms with Crippen LogP contribution in [0.1, 0.15) is 39.0 Å². The number of carbonyl (C=O) groups is 1. The first-order chi connectivity index (χ1) is 7.86. The molecule has 0 spiro atoms. The number of sulfonamides is 1. The van der Waals surface area contributed by atoms with Crippen LogP contribution >= 0.6 is 0 Å². The molecular weight excluding hydrogens is 242 g/mol. The third-order valence-corrected chi connectivity index (χ3v) is 5.91. The standard InChI is InChI=1S/C11H19NO4S/c1-11(10(13)14)6-2-3-7-12(11)17(15,16)8-9-4-5-9/h9H,2-8H2,1H3,(H,13,14). The van der Waals surface area contributed by atoms with Crippen molar-refractivity contribution in [3.63, 3.8) is 0 Å². The Morgan fingerprint density at radius 1 is 1.41 bits per heavy atom. The van der Waals surface area contributed by atoms with Crippen LogP contribution < -0.4 is 0 Å². The maximum Gasteiger partial charge on any atom is 0.324 e. The molecule has 1 atom stereocenters. The van der Waals surface area contributed by atoms with Crippen molar-refractivity contribution in [3.8, 4) is 0 Å². The molecule has 1 saturated heterocycles. The predicted octanol–water partition coefficient (Wildman–Crippen LogP) is 1.06. The maximum atomic E-state index is 12.2. The fourth-order valence-electron chi connectivity index (χ4n) is 2.43. The zero-order valence-electron chi connectivity index (χ0n) is 10.1. The van der Waals surface area contributed by atoms with Crippen LogP contribution in [0.4, 0.5) is 0 Å². The van der Waals surface area contributed by atoms with Gasteiger partial charge in [0.15, 0.2) is 0 Å². The summed E-state index contributed by atoms with van der Waals surface area (Å²) < 4.78 is 25.7. The second kappa shape index (κ2) is 4.24. The average molecular weight is 261 g/mol. The van der Waals surface area contributed by atoms with E-state index in [9.17, 15) is 18.3 Å². The van der Waals surface area contributed by atoms with E-state index in [-0.39, 0.29) is 11.7 Å². The molecule has 0 amide bonds. The Labute approximate surface area is 102 Å². The molecule has 1 heterocycles. The number of carboxylic acid groups (broad SMARTS) is 1. The van der Waals surface area contributed by atoms with E-state index >= 15 is 0 Å². The molecule has 1 aliphatic carbocycles. The third-order valence-electron chi connectivity index (χ3n) is 3.76. The molecule has 5 nitrogen and oxygen atoms in total. The van der Waals surface area contributed by atoms with Crippen LogP contribution in [0, 0.1) is 5.92 Å². The van der Waals surface area contributed by atoms with Crippen molar-refractivity contribution in [1.82, 2.24) is 4.31 Å². The zero-order valence-corrected chi connectivity index (χ0v) is 10.9. The fourth-order valence-corrected chi connectivity index (χ4v) is 4.73. The molecule has 17 heavy (non-hydrogen) atoms. The Bertz CT molecular complexity index is 415. The van der Waals surface area contributed by atoms with E-state index in [1.807, 2.05) is 0 Å². The van der Waals surface area contributed by atoms with E-state index in [1.54, 1.807) is 0 Å². The molecule has 1 unspecified atom stereocenters. The van der Waals surface area contributed by atoms with E-state index in [4.69, 9.17) is 0 Å². The Balaban J connectivity index is 2.23. The van der Waals surface area contributed by atoms with Gasteiger partial charge in [-0.2, -0.15) is 4.31 Å². The second-order valence-electron chi connectivity index (χ2n) is 5.33. The summed E-state index contributed by atoms with van der Waals surface area (Å²) in [6, 6.07) is 0. The van der Waals surface area contributed by atoms with E-state index in [1.165, 1.54) is 11.2 Å². The summed E-state index contributed by atoms with van der Waals surface area (Å²) in [5.74, 6) is -0.660. The molecule has 0 aromatic carbocycles. The number of piperidine rings is 1. The smallest absolute Gasteiger partial charge is 0.324 e. The predicted molar refractivity (Wildman–Crippen MR) is 63.1 cm³/mol. The van der Waals surface area contributed by atoms with Gasteiger partial charge in [0.05, 0.1) is 5.75 Å². The number of carboxylic acids is 1. The molecule has 1 aliphatic heterocycles.